The van der Waals surface area contributed by atoms with Gasteiger partial charge in [-0.15, -0.1) is 0 Å². The van der Waals surface area contributed by atoms with E-state index >= 15 is 0 Å². The number of nitrogens with one attached hydrogen (secondary N) is 1. The van der Waals surface area contributed by atoms with Crippen molar-refractivity contribution in [2.45, 2.75) is 13.8 Å². The number of rotatable bonds is 1. The van der Waals surface area contributed by atoms with Gasteiger partial charge in [0, 0.05) is 12.6 Å². The zero-order valence-corrected chi connectivity index (χ0v) is 9.47. The zero-order valence-electron chi connectivity index (χ0n) is 8.65. The number of thiocarbonyl (C=S) groups is 1. The molecule has 0 bridgehead atoms. The molecular weight excluding hydrogens is 212 g/mol. The van der Waals surface area contributed by atoms with E-state index in [1.165, 1.54) is 19.1 Å². The lowest BCUT2D eigenvalue weighted by molar-refractivity contribution is -0.114. The zero-order chi connectivity index (χ0) is 11.8. The molecule has 1 aromatic carbocycles. The first kappa shape index (κ1) is 13.4. The average molecular weight is 226 g/mol. The Balaban J connectivity index is 0.000000423. The summed E-state index contributed by atoms with van der Waals surface area (Å²) in [5.41, 5.74) is 5.53. The second-order valence-electron chi connectivity index (χ2n) is 2.84. The fourth-order valence-corrected chi connectivity index (χ4v) is 0.748. The highest BCUT2D eigenvalue weighted by Gasteiger charge is 1.93. The van der Waals surface area contributed by atoms with E-state index in [-0.39, 0.29) is 11.7 Å². The molecule has 15 heavy (non-hydrogen) atoms. The Morgan fingerprint density at radius 1 is 1.33 bits per heavy atom. The highest BCUT2D eigenvalue weighted by molar-refractivity contribution is 7.80. The van der Waals surface area contributed by atoms with Gasteiger partial charge in [0.1, 0.15) is 5.75 Å². The van der Waals surface area contributed by atoms with Crippen molar-refractivity contribution in [3.63, 3.8) is 0 Å². The summed E-state index contributed by atoms with van der Waals surface area (Å²) < 4.78 is 0. The van der Waals surface area contributed by atoms with E-state index in [0.717, 1.165) is 0 Å². The molecule has 82 valence electrons. The normalized spacial score (nSPS) is 8.40. The predicted octanol–water partition coefficient (Wildman–Crippen LogP) is 1.64. The maximum absolute atomic E-state index is 10.5. The summed E-state index contributed by atoms with van der Waals surface area (Å²) in [7, 11) is 0. The number of phenols is 1. The van der Waals surface area contributed by atoms with Crippen molar-refractivity contribution in [1.82, 2.24) is 0 Å². The molecule has 0 spiro atoms. The number of anilines is 1. The molecule has 4 nitrogen and oxygen atoms in total. The quantitative estimate of drug-likeness (QED) is 0.502. The number of amides is 1. The topological polar surface area (TPSA) is 75.3 Å². The van der Waals surface area contributed by atoms with Crippen LogP contribution in [-0.2, 0) is 4.79 Å². The van der Waals surface area contributed by atoms with Gasteiger partial charge >= 0.3 is 0 Å². The summed E-state index contributed by atoms with van der Waals surface area (Å²) in [5.74, 6) is 0.0785. The summed E-state index contributed by atoms with van der Waals surface area (Å²) in [4.78, 5) is 11.0. The summed E-state index contributed by atoms with van der Waals surface area (Å²) in [6, 6.07) is 6.31. The van der Waals surface area contributed by atoms with E-state index < -0.39 is 0 Å². The molecule has 1 aromatic rings. The lowest BCUT2D eigenvalue weighted by Crippen LogP contribution is -2.04. The minimum atomic E-state index is -0.115. The van der Waals surface area contributed by atoms with Crippen LogP contribution in [0.25, 0.3) is 0 Å². The first-order valence-corrected chi connectivity index (χ1v) is 4.65. The molecule has 5 heteroatoms. The lowest BCUT2D eigenvalue weighted by Gasteiger charge is -1.99. The monoisotopic (exact) mass is 226 g/mol. The number of carbonyl (C=O) groups is 1. The minimum absolute atomic E-state index is 0.115. The van der Waals surface area contributed by atoms with Crippen LogP contribution in [-0.4, -0.2) is 16.0 Å². The van der Waals surface area contributed by atoms with Crippen LogP contribution in [0.1, 0.15) is 13.8 Å². The maximum atomic E-state index is 10.5. The molecule has 0 saturated carbocycles. The Labute approximate surface area is 94.1 Å². The lowest BCUT2D eigenvalue weighted by atomic mass is 10.3. The smallest absolute Gasteiger partial charge is 0.221 e. The van der Waals surface area contributed by atoms with Crippen LogP contribution in [0.4, 0.5) is 5.69 Å². The number of nitrogens with two attached hydrogens (primary N) is 1. The van der Waals surface area contributed by atoms with Gasteiger partial charge in [-0.2, -0.15) is 0 Å². The summed E-state index contributed by atoms with van der Waals surface area (Å²) in [6.07, 6.45) is 0. The Morgan fingerprint density at radius 2 is 1.73 bits per heavy atom. The fourth-order valence-electron chi connectivity index (χ4n) is 0.748. The van der Waals surface area contributed by atoms with Gasteiger partial charge in [-0.05, 0) is 31.2 Å². The van der Waals surface area contributed by atoms with E-state index in [9.17, 15) is 4.79 Å². The largest absolute Gasteiger partial charge is 0.508 e. The highest BCUT2D eigenvalue weighted by atomic mass is 32.1. The minimum Gasteiger partial charge on any atom is -0.508 e. The van der Waals surface area contributed by atoms with Gasteiger partial charge in [-0.3, -0.25) is 4.79 Å². The Bertz CT molecular complexity index is 332. The van der Waals surface area contributed by atoms with Gasteiger partial charge < -0.3 is 16.2 Å². The molecule has 0 unspecified atom stereocenters. The molecule has 1 rings (SSSR count). The first-order chi connectivity index (χ1) is 6.91. The second-order valence-corrected chi connectivity index (χ2v) is 3.48. The maximum Gasteiger partial charge on any atom is 0.221 e. The number of hydrogen-bond acceptors (Lipinski definition) is 3. The molecule has 0 heterocycles. The van der Waals surface area contributed by atoms with Crippen molar-refractivity contribution in [3.8, 4) is 5.75 Å². The Kier molecular flexibility index (Phi) is 6.05. The molecule has 0 aliphatic heterocycles. The van der Waals surface area contributed by atoms with E-state index in [0.29, 0.717) is 10.7 Å². The molecular formula is C10H14N2O2S. The second kappa shape index (κ2) is 6.78. The SMILES string of the molecule is CC(=O)Nc1ccc(O)cc1.CC(N)=S. The van der Waals surface area contributed by atoms with Gasteiger partial charge in [0.25, 0.3) is 0 Å². The van der Waals surface area contributed by atoms with Crippen LogP contribution >= 0.6 is 12.2 Å². The first-order valence-electron chi connectivity index (χ1n) is 4.24. The van der Waals surface area contributed by atoms with Crippen molar-refractivity contribution in [2.24, 2.45) is 5.73 Å². The molecule has 0 atom stereocenters. The van der Waals surface area contributed by atoms with Crippen LogP contribution in [0.5, 0.6) is 5.75 Å². The Hall–Kier alpha value is -1.62. The highest BCUT2D eigenvalue weighted by Crippen LogP contribution is 2.13. The molecule has 0 aliphatic carbocycles. The van der Waals surface area contributed by atoms with Gasteiger partial charge in [-0.25, -0.2) is 0 Å². The summed E-state index contributed by atoms with van der Waals surface area (Å²) in [5, 5.41) is 11.5. The van der Waals surface area contributed by atoms with Crippen LogP contribution in [0.15, 0.2) is 24.3 Å². The predicted molar refractivity (Wildman–Crippen MR) is 64.9 cm³/mol. The van der Waals surface area contributed by atoms with E-state index in [1.54, 1.807) is 19.1 Å². The fraction of sp³-hybridized carbons (Fsp3) is 0.200. The molecule has 0 fully saturated rings. The van der Waals surface area contributed by atoms with E-state index in [2.05, 4.69) is 17.5 Å². The number of benzene rings is 1. The number of carbonyl (C=O) groups excluding carboxylic acids is 1. The third kappa shape index (κ3) is 8.70. The van der Waals surface area contributed by atoms with Crippen molar-refractivity contribution in [2.75, 3.05) is 5.32 Å². The van der Waals surface area contributed by atoms with Gasteiger partial charge in [0.15, 0.2) is 0 Å². The van der Waals surface area contributed by atoms with Gasteiger partial charge in [0.2, 0.25) is 5.91 Å². The van der Waals surface area contributed by atoms with Crippen molar-refractivity contribution in [1.29, 1.82) is 0 Å². The molecule has 4 N–H and O–H groups in total. The third-order valence-corrected chi connectivity index (χ3v) is 1.19. The summed E-state index contributed by atoms with van der Waals surface area (Å²) in [6.45, 7) is 3.11. The average Bonchev–Trinajstić information content (AvgIpc) is 2.07. The number of aromatic hydroxyl groups is 1. The van der Waals surface area contributed by atoms with E-state index in [1.807, 2.05) is 0 Å². The van der Waals surface area contributed by atoms with Crippen molar-refractivity contribution in [3.05, 3.63) is 24.3 Å². The Morgan fingerprint density at radius 3 is 2.07 bits per heavy atom. The number of hydrogen-bond donors (Lipinski definition) is 3. The van der Waals surface area contributed by atoms with Crippen LogP contribution in [0.2, 0.25) is 0 Å². The van der Waals surface area contributed by atoms with Crippen LogP contribution < -0.4 is 11.1 Å². The van der Waals surface area contributed by atoms with Crippen LogP contribution in [0.3, 0.4) is 0 Å². The molecule has 0 radical (unpaired) electrons. The summed E-state index contributed by atoms with van der Waals surface area (Å²) >= 11 is 4.31. The molecule has 0 aromatic heterocycles. The van der Waals surface area contributed by atoms with Crippen LogP contribution in [0, 0.1) is 0 Å². The third-order valence-electron chi connectivity index (χ3n) is 1.19. The van der Waals surface area contributed by atoms with E-state index in [4.69, 9.17) is 10.8 Å². The van der Waals surface area contributed by atoms with Crippen molar-refractivity contribution < 1.29 is 9.90 Å². The number of phenolic OH excluding ortho intramolecular Hbond substituents is 1. The molecule has 1 amide bonds. The standard InChI is InChI=1S/C8H9NO2.C2H5NS/c1-6(10)9-7-2-4-8(11)5-3-7;1-2(3)4/h2-5,11H,1H3,(H,9,10);1H3,(H2,3,4). The molecule has 0 aliphatic rings. The molecule has 0 saturated heterocycles. The van der Waals surface area contributed by atoms with Crippen molar-refractivity contribution >= 4 is 28.8 Å². The van der Waals surface area contributed by atoms with Gasteiger partial charge in [-0.1, -0.05) is 12.2 Å². The van der Waals surface area contributed by atoms with Gasteiger partial charge in [0.05, 0.1) is 4.99 Å².